The average Bonchev–Trinajstić information content (AvgIpc) is 3.06. The van der Waals surface area contributed by atoms with E-state index in [1.807, 2.05) is 0 Å². The summed E-state index contributed by atoms with van der Waals surface area (Å²) in [4.78, 5) is 18.4. The van der Waals surface area contributed by atoms with Gasteiger partial charge in [-0.2, -0.15) is 13.2 Å². The van der Waals surface area contributed by atoms with Gasteiger partial charge in [-0.15, -0.1) is 0 Å². The van der Waals surface area contributed by atoms with Gasteiger partial charge in [0.15, 0.2) is 11.5 Å². The molecule has 10 heteroatoms. The Morgan fingerprint density at radius 3 is 2.67 bits per heavy atom. The number of aromatic nitrogens is 1. The molecule has 2 aliphatic rings. The zero-order chi connectivity index (χ0) is 21.3. The predicted molar refractivity (Wildman–Crippen MR) is 105 cm³/mol. The summed E-state index contributed by atoms with van der Waals surface area (Å²) in [5.74, 6) is 1.05. The SMILES string of the molecule is O=C(Nc1ccc2c(c1)OCCCO2)[C@@H]1CCCN1c1ncc(C(F)(F)F)cc1Cl. The van der Waals surface area contributed by atoms with Crippen LogP contribution in [0.1, 0.15) is 24.8 Å². The number of hydrogen-bond acceptors (Lipinski definition) is 5. The highest BCUT2D eigenvalue weighted by atomic mass is 35.5. The molecule has 1 aromatic heterocycles. The van der Waals surface area contributed by atoms with Gasteiger partial charge in [0.05, 0.1) is 23.8 Å². The highest BCUT2D eigenvalue weighted by Crippen LogP contribution is 2.36. The molecule has 30 heavy (non-hydrogen) atoms. The third-order valence-corrected chi connectivity index (χ3v) is 5.27. The van der Waals surface area contributed by atoms with E-state index in [9.17, 15) is 18.0 Å². The van der Waals surface area contributed by atoms with Crippen molar-refractivity contribution in [2.75, 3.05) is 30.0 Å². The first-order chi connectivity index (χ1) is 14.3. The zero-order valence-electron chi connectivity index (χ0n) is 15.8. The van der Waals surface area contributed by atoms with Gasteiger partial charge < -0.3 is 19.7 Å². The van der Waals surface area contributed by atoms with E-state index in [1.165, 1.54) is 0 Å². The quantitative estimate of drug-likeness (QED) is 0.758. The molecule has 3 heterocycles. The van der Waals surface area contributed by atoms with E-state index in [1.54, 1.807) is 23.1 Å². The van der Waals surface area contributed by atoms with Crippen LogP contribution in [0.25, 0.3) is 0 Å². The van der Waals surface area contributed by atoms with Crippen LogP contribution >= 0.6 is 11.6 Å². The number of carbonyl (C=O) groups excluding carboxylic acids is 1. The van der Waals surface area contributed by atoms with Crippen LogP contribution in [-0.4, -0.2) is 36.7 Å². The minimum Gasteiger partial charge on any atom is -0.490 e. The van der Waals surface area contributed by atoms with E-state index in [0.717, 1.165) is 18.7 Å². The molecule has 160 valence electrons. The number of alkyl halides is 3. The first-order valence-corrected chi connectivity index (χ1v) is 9.90. The number of benzene rings is 1. The largest absolute Gasteiger partial charge is 0.490 e. The Kier molecular flexibility index (Phi) is 5.64. The Morgan fingerprint density at radius 2 is 1.93 bits per heavy atom. The Hall–Kier alpha value is -2.68. The second kappa shape index (κ2) is 8.22. The van der Waals surface area contributed by atoms with Crippen LogP contribution in [0.4, 0.5) is 24.7 Å². The fourth-order valence-electron chi connectivity index (χ4n) is 3.56. The molecule has 1 N–H and O–H groups in total. The van der Waals surface area contributed by atoms with Gasteiger partial charge >= 0.3 is 6.18 Å². The highest BCUT2D eigenvalue weighted by Gasteiger charge is 2.35. The van der Waals surface area contributed by atoms with Gasteiger partial charge in [-0.25, -0.2) is 4.98 Å². The summed E-state index contributed by atoms with van der Waals surface area (Å²) in [5, 5.41) is 2.70. The van der Waals surface area contributed by atoms with Crippen molar-refractivity contribution in [1.29, 1.82) is 0 Å². The standard InChI is InChI=1S/C20H19ClF3N3O3/c21-14-9-12(20(22,23)24)11-25-18(14)27-6-1-3-15(27)19(28)26-13-4-5-16-17(10-13)30-8-2-7-29-16/h4-5,9-11,15H,1-3,6-8H2,(H,26,28)/t15-/m0/s1. The maximum atomic E-state index is 12.9. The summed E-state index contributed by atoms with van der Waals surface area (Å²) in [5.41, 5.74) is -0.383. The van der Waals surface area contributed by atoms with Crippen LogP contribution in [0.5, 0.6) is 11.5 Å². The molecule has 1 fully saturated rings. The molecule has 0 radical (unpaired) electrons. The lowest BCUT2D eigenvalue weighted by atomic mass is 10.2. The molecule has 1 atom stereocenters. The summed E-state index contributed by atoms with van der Waals surface area (Å²) in [6.07, 6.45) is -1.80. The molecule has 6 nitrogen and oxygen atoms in total. The monoisotopic (exact) mass is 441 g/mol. The fraction of sp³-hybridized carbons (Fsp3) is 0.400. The molecule has 0 saturated carbocycles. The molecule has 0 spiro atoms. The smallest absolute Gasteiger partial charge is 0.417 e. The average molecular weight is 442 g/mol. The van der Waals surface area contributed by atoms with Crippen LogP contribution in [0.3, 0.4) is 0 Å². The van der Waals surface area contributed by atoms with E-state index in [0.29, 0.717) is 49.8 Å². The number of halogens is 4. The lowest BCUT2D eigenvalue weighted by Gasteiger charge is -2.26. The lowest BCUT2D eigenvalue weighted by molar-refractivity contribution is -0.137. The first kappa shape index (κ1) is 20.6. The van der Waals surface area contributed by atoms with Gasteiger partial charge in [0.2, 0.25) is 5.91 Å². The zero-order valence-corrected chi connectivity index (χ0v) is 16.6. The molecular weight excluding hydrogens is 423 g/mol. The van der Waals surface area contributed by atoms with Crippen molar-refractivity contribution in [3.05, 3.63) is 41.0 Å². The van der Waals surface area contributed by atoms with Gasteiger partial charge in [-0.05, 0) is 31.0 Å². The molecule has 2 aliphatic heterocycles. The first-order valence-electron chi connectivity index (χ1n) is 9.53. The minimum atomic E-state index is -4.53. The van der Waals surface area contributed by atoms with Gasteiger partial charge in [0.1, 0.15) is 11.9 Å². The van der Waals surface area contributed by atoms with Gasteiger partial charge in [-0.1, -0.05) is 11.6 Å². The number of pyridine rings is 1. The molecule has 1 aromatic carbocycles. The normalized spacial score (nSPS) is 18.8. The Morgan fingerprint density at radius 1 is 1.17 bits per heavy atom. The van der Waals surface area contributed by atoms with E-state index < -0.39 is 17.8 Å². The number of hydrogen-bond donors (Lipinski definition) is 1. The van der Waals surface area contributed by atoms with E-state index in [2.05, 4.69) is 10.3 Å². The van der Waals surface area contributed by atoms with E-state index in [4.69, 9.17) is 21.1 Å². The Balaban J connectivity index is 1.51. The maximum absolute atomic E-state index is 12.9. The topological polar surface area (TPSA) is 63.7 Å². The molecule has 0 bridgehead atoms. The molecular formula is C20H19ClF3N3O3. The van der Waals surface area contributed by atoms with Gasteiger partial charge in [0, 0.05) is 30.9 Å². The summed E-state index contributed by atoms with van der Waals surface area (Å²) in [6, 6.07) is 5.38. The van der Waals surface area contributed by atoms with Crippen molar-refractivity contribution in [3.63, 3.8) is 0 Å². The summed E-state index contributed by atoms with van der Waals surface area (Å²) >= 11 is 6.07. The van der Waals surface area contributed by atoms with Crippen molar-refractivity contribution in [2.45, 2.75) is 31.5 Å². The Bertz CT molecular complexity index is 955. The number of carbonyl (C=O) groups is 1. The predicted octanol–water partition coefficient (Wildman–Crippen LogP) is 4.52. The highest BCUT2D eigenvalue weighted by molar-refractivity contribution is 6.33. The van der Waals surface area contributed by atoms with Crippen LogP contribution in [0.15, 0.2) is 30.5 Å². The van der Waals surface area contributed by atoms with Crippen LogP contribution < -0.4 is 19.7 Å². The van der Waals surface area contributed by atoms with Gasteiger partial charge in [-0.3, -0.25) is 4.79 Å². The maximum Gasteiger partial charge on any atom is 0.417 e. The molecule has 1 saturated heterocycles. The van der Waals surface area contributed by atoms with Crippen LogP contribution in [0, 0.1) is 0 Å². The minimum absolute atomic E-state index is 0.139. The van der Waals surface area contributed by atoms with Crippen molar-refractivity contribution in [2.24, 2.45) is 0 Å². The number of nitrogens with zero attached hydrogens (tertiary/aromatic N) is 2. The number of ether oxygens (including phenoxy) is 2. The third-order valence-electron chi connectivity index (χ3n) is 4.99. The van der Waals surface area contributed by atoms with Crippen molar-refractivity contribution < 1.29 is 27.4 Å². The van der Waals surface area contributed by atoms with Crippen molar-refractivity contribution >= 4 is 29.0 Å². The van der Waals surface area contributed by atoms with Crippen molar-refractivity contribution in [1.82, 2.24) is 4.98 Å². The summed E-state index contributed by atoms with van der Waals surface area (Å²) < 4.78 is 49.8. The fourth-order valence-corrected chi connectivity index (χ4v) is 3.83. The number of fused-ring (bicyclic) bond motifs is 1. The second-order valence-electron chi connectivity index (χ2n) is 7.08. The van der Waals surface area contributed by atoms with E-state index >= 15 is 0 Å². The molecule has 1 amide bonds. The number of amides is 1. The van der Waals surface area contributed by atoms with Crippen LogP contribution in [0.2, 0.25) is 5.02 Å². The second-order valence-corrected chi connectivity index (χ2v) is 7.49. The molecule has 0 unspecified atom stereocenters. The Labute approximate surface area is 175 Å². The molecule has 2 aromatic rings. The third kappa shape index (κ3) is 4.26. The van der Waals surface area contributed by atoms with Crippen LogP contribution in [-0.2, 0) is 11.0 Å². The number of rotatable bonds is 3. The molecule has 0 aliphatic carbocycles. The summed E-state index contributed by atoms with van der Waals surface area (Å²) in [7, 11) is 0. The molecule has 4 rings (SSSR count). The van der Waals surface area contributed by atoms with Crippen molar-refractivity contribution in [3.8, 4) is 11.5 Å². The lowest BCUT2D eigenvalue weighted by Crippen LogP contribution is -2.40. The van der Waals surface area contributed by atoms with E-state index in [-0.39, 0.29) is 16.7 Å². The summed E-state index contributed by atoms with van der Waals surface area (Å²) in [6.45, 7) is 1.56. The number of anilines is 2. The van der Waals surface area contributed by atoms with Gasteiger partial charge in [0.25, 0.3) is 0 Å². The number of nitrogens with one attached hydrogen (secondary N) is 1.